The van der Waals surface area contributed by atoms with Gasteiger partial charge in [0.15, 0.2) is 0 Å². The van der Waals surface area contributed by atoms with Crippen LogP contribution in [0.3, 0.4) is 0 Å². The summed E-state index contributed by atoms with van der Waals surface area (Å²) < 4.78 is 16.6. The van der Waals surface area contributed by atoms with E-state index in [1.54, 1.807) is 6.92 Å². The third-order valence-corrected chi connectivity index (χ3v) is 4.00. The fraction of sp³-hybridized carbons (Fsp3) is 0.400. The van der Waals surface area contributed by atoms with Crippen LogP contribution in [0, 0.1) is 11.3 Å². The van der Waals surface area contributed by atoms with Crippen molar-refractivity contribution < 1.29 is 19.0 Å². The molecule has 1 atom stereocenters. The quantitative estimate of drug-likeness (QED) is 0.751. The van der Waals surface area contributed by atoms with Crippen molar-refractivity contribution in [3.63, 3.8) is 0 Å². The highest BCUT2D eigenvalue weighted by atomic mass is 16.5. The number of esters is 1. The van der Waals surface area contributed by atoms with Crippen LogP contribution in [0.5, 0.6) is 5.75 Å². The monoisotopic (exact) mass is 356 g/mol. The Labute approximate surface area is 153 Å². The molecule has 0 aliphatic carbocycles. The van der Waals surface area contributed by atoms with Crippen LogP contribution in [0.15, 0.2) is 47.1 Å². The van der Waals surface area contributed by atoms with E-state index in [1.165, 1.54) is 0 Å². The molecule has 0 amide bonds. The van der Waals surface area contributed by atoms with Crippen molar-refractivity contribution in [3.05, 3.63) is 52.6 Å². The molecule has 6 heteroatoms. The molecule has 0 bridgehead atoms. The molecule has 1 aliphatic rings. The van der Waals surface area contributed by atoms with E-state index in [4.69, 9.17) is 19.9 Å². The maximum absolute atomic E-state index is 12.7. The SMILES string of the molecule is CCCC1=C(C(=O)OCC)C(c2ccccc2OCC)C(C#N)=C(N)O1. The lowest BCUT2D eigenvalue weighted by molar-refractivity contribution is -0.139. The maximum atomic E-state index is 12.7. The van der Waals surface area contributed by atoms with E-state index in [1.807, 2.05) is 38.1 Å². The van der Waals surface area contributed by atoms with Crippen LogP contribution in [0.1, 0.15) is 45.1 Å². The summed E-state index contributed by atoms with van der Waals surface area (Å²) in [7, 11) is 0. The lowest BCUT2D eigenvalue weighted by Gasteiger charge is -2.29. The van der Waals surface area contributed by atoms with Gasteiger partial charge in [-0.15, -0.1) is 0 Å². The Morgan fingerprint density at radius 2 is 2.00 bits per heavy atom. The summed E-state index contributed by atoms with van der Waals surface area (Å²) in [4.78, 5) is 12.7. The molecule has 2 N–H and O–H groups in total. The number of nitrogens with zero attached hydrogens (tertiary/aromatic N) is 1. The van der Waals surface area contributed by atoms with Crippen molar-refractivity contribution in [2.75, 3.05) is 13.2 Å². The highest BCUT2D eigenvalue weighted by Crippen LogP contribution is 2.43. The highest BCUT2D eigenvalue weighted by molar-refractivity contribution is 5.93. The predicted octanol–water partition coefficient (Wildman–Crippen LogP) is 3.51. The van der Waals surface area contributed by atoms with Gasteiger partial charge >= 0.3 is 5.97 Å². The van der Waals surface area contributed by atoms with E-state index in [2.05, 4.69) is 6.07 Å². The number of allylic oxidation sites excluding steroid dienone is 2. The van der Waals surface area contributed by atoms with Crippen LogP contribution >= 0.6 is 0 Å². The molecule has 1 aromatic rings. The second-order valence-electron chi connectivity index (χ2n) is 5.70. The Morgan fingerprint density at radius 3 is 2.62 bits per heavy atom. The number of hydrogen-bond acceptors (Lipinski definition) is 6. The molecule has 1 aromatic carbocycles. The zero-order valence-corrected chi connectivity index (χ0v) is 15.4. The number of carbonyl (C=O) groups is 1. The second kappa shape index (κ2) is 8.95. The Kier molecular flexibility index (Phi) is 6.67. The van der Waals surface area contributed by atoms with Gasteiger partial charge in [0.1, 0.15) is 23.2 Å². The highest BCUT2D eigenvalue weighted by Gasteiger charge is 2.38. The summed E-state index contributed by atoms with van der Waals surface area (Å²) in [6, 6.07) is 9.40. The van der Waals surface area contributed by atoms with Gasteiger partial charge in [0.25, 0.3) is 0 Å². The molecule has 1 aliphatic heterocycles. The molecule has 0 fully saturated rings. The third-order valence-electron chi connectivity index (χ3n) is 4.00. The number of ether oxygens (including phenoxy) is 3. The summed E-state index contributed by atoms with van der Waals surface area (Å²) in [6.07, 6.45) is 1.27. The van der Waals surface area contributed by atoms with Crippen LogP contribution in [-0.2, 0) is 14.3 Å². The molecular formula is C20H24N2O4. The average Bonchev–Trinajstić information content (AvgIpc) is 2.62. The second-order valence-corrected chi connectivity index (χ2v) is 5.70. The zero-order chi connectivity index (χ0) is 19.1. The Bertz CT molecular complexity index is 774. The maximum Gasteiger partial charge on any atom is 0.338 e. The van der Waals surface area contributed by atoms with Gasteiger partial charge in [-0.25, -0.2) is 4.79 Å². The minimum atomic E-state index is -0.683. The number of hydrogen-bond donors (Lipinski definition) is 1. The lowest BCUT2D eigenvalue weighted by atomic mass is 9.82. The molecule has 6 nitrogen and oxygen atoms in total. The molecule has 0 radical (unpaired) electrons. The van der Waals surface area contributed by atoms with Gasteiger partial charge in [0, 0.05) is 12.0 Å². The number of nitriles is 1. The molecule has 26 heavy (non-hydrogen) atoms. The first-order valence-corrected chi connectivity index (χ1v) is 8.78. The number of rotatable bonds is 7. The Balaban J connectivity index is 2.70. The van der Waals surface area contributed by atoms with Crippen LogP contribution in [-0.4, -0.2) is 19.2 Å². The zero-order valence-electron chi connectivity index (χ0n) is 15.4. The summed E-state index contributed by atoms with van der Waals surface area (Å²) in [5, 5.41) is 9.68. The fourth-order valence-electron chi connectivity index (χ4n) is 2.98. The first-order chi connectivity index (χ1) is 12.6. The number of para-hydroxylation sites is 1. The van der Waals surface area contributed by atoms with Crippen LogP contribution in [0.25, 0.3) is 0 Å². The van der Waals surface area contributed by atoms with Crippen molar-refractivity contribution in [1.82, 2.24) is 0 Å². The van der Waals surface area contributed by atoms with E-state index in [0.29, 0.717) is 35.7 Å². The van der Waals surface area contributed by atoms with Gasteiger partial charge in [-0.3, -0.25) is 0 Å². The molecule has 0 saturated heterocycles. The molecule has 0 saturated carbocycles. The minimum Gasteiger partial charge on any atom is -0.494 e. The van der Waals surface area contributed by atoms with Crippen molar-refractivity contribution in [1.29, 1.82) is 5.26 Å². The predicted molar refractivity (Wildman–Crippen MR) is 96.8 cm³/mol. The molecule has 138 valence electrons. The molecule has 0 spiro atoms. The normalized spacial score (nSPS) is 16.8. The van der Waals surface area contributed by atoms with Gasteiger partial charge in [0.05, 0.1) is 24.7 Å². The lowest BCUT2D eigenvalue weighted by Crippen LogP contribution is -2.26. The number of nitrogens with two attached hydrogens (primary N) is 1. The number of carbonyl (C=O) groups excluding carboxylic acids is 1. The van der Waals surface area contributed by atoms with Crippen LogP contribution in [0.2, 0.25) is 0 Å². The number of benzene rings is 1. The van der Waals surface area contributed by atoms with E-state index in [-0.39, 0.29) is 18.1 Å². The first-order valence-electron chi connectivity index (χ1n) is 8.78. The third kappa shape index (κ3) is 3.83. The Hall–Kier alpha value is -2.94. The van der Waals surface area contributed by atoms with Crippen molar-refractivity contribution in [2.45, 2.75) is 39.5 Å². The van der Waals surface area contributed by atoms with E-state index >= 15 is 0 Å². The van der Waals surface area contributed by atoms with E-state index < -0.39 is 11.9 Å². The van der Waals surface area contributed by atoms with E-state index in [9.17, 15) is 10.1 Å². The molecule has 2 rings (SSSR count). The smallest absolute Gasteiger partial charge is 0.338 e. The topological polar surface area (TPSA) is 94.6 Å². The molecule has 1 unspecified atom stereocenters. The van der Waals surface area contributed by atoms with Gasteiger partial charge < -0.3 is 19.9 Å². The summed E-state index contributed by atoms with van der Waals surface area (Å²) in [5.74, 6) is -0.135. The van der Waals surface area contributed by atoms with Crippen molar-refractivity contribution in [2.24, 2.45) is 5.73 Å². The van der Waals surface area contributed by atoms with Gasteiger partial charge in [-0.05, 0) is 26.3 Å². The van der Waals surface area contributed by atoms with Gasteiger partial charge in [-0.1, -0.05) is 25.1 Å². The minimum absolute atomic E-state index is 0.0142. The molecule has 0 aromatic heterocycles. The Morgan fingerprint density at radius 1 is 1.27 bits per heavy atom. The first kappa shape index (κ1) is 19.4. The van der Waals surface area contributed by atoms with Crippen molar-refractivity contribution >= 4 is 5.97 Å². The van der Waals surface area contributed by atoms with Crippen molar-refractivity contribution in [3.8, 4) is 11.8 Å². The summed E-state index contributed by atoms with van der Waals surface area (Å²) >= 11 is 0. The summed E-state index contributed by atoms with van der Waals surface area (Å²) in [6.45, 7) is 6.27. The largest absolute Gasteiger partial charge is 0.494 e. The van der Waals surface area contributed by atoms with Gasteiger partial charge in [-0.2, -0.15) is 5.26 Å². The van der Waals surface area contributed by atoms with Crippen LogP contribution in [0.4, 0.5) is 0 Å². The molecular weight excluding hydrogens is 332 g/mol. The van der Waals surface area contributed by atoms with Crippen LogP contribution < -0.4 is 10.5 Å². The molecule has 1 heterocycles. The fourth-order valence-corrected chi connectivity index (χ4v) is 2.98. The standard InChI is InChI=1S/C20H24N2O4/c1-4-9-16-18(20(23)25-6-3)17(14(12-21)19(22)26-16)13-10-7-8-11-15(13)24-5-2/h7-8,10-11,17H,4-6,9,22H2,1-3H3. The summed E-state index contributed by atoms with van der Waals surface area (Å²) in [5.41, 5.74) is 7.19. The van der Waals surface area contributed by atoms with E-state index in [0.717, 1.165) is 6.42 Å². The van der Waals surface area contributed by atoms with Gasteiger partial charge in [0.2, 0.25) is 5.88 Å². The average molecular weight is 356 g/mol.